The molecule has 3 heteroatoms. The number of hydrogen-bond acceptors (Lipinski definition) is 3. The Hall–Kier alpha value is -1.22. The monoisotopic (exact) mass is 236 g/mol. The molecule has 0 aliphatic rings. The first-order chi connectivity index (χ1) is 8.21. The molecule has 17 heavy (non-hydrogen) atoms. The van der Waals surface area contributed by atoms with Gasteiger partial charge in [-0.05, 0) is 24.1 Å². The Morgan fingerprint density at radius 3 is 2.53 bits per heavy atom. The van der Waals surface area contributed by atoms with E-state index in [0.717, 1.165) is 36.0 Å². The van der Waals surface area contributed by atoms with Gasteiger partial charge in [0, 0.05) is 18.3 Å². The smallest absolute Gasteiger partial charge is 0.120 e. The summed E-state index contributed by atoms with van der Waals surface area (Å²) in [4.78, 5) is 0. The molecular weight excluding hydrogens is 212 g/mol. The van der Waals surface area contributed by atoms with Gasteiger partial charge in [-0.2, -0.15) is 0 Å². The molecule has 0 saturated carbocycles. The minimum atomic E-state index is 0.759. The van der Waals surface area contributed by atoms with E-state index in [1.54, 1.807) is 7.11 Å². The van der Waals surface area contributed by atoms with E-state index in [0.29, 0.717) is 0 Å². The van der Waals surface area contributed by atoms with Crippen LogP contribution in [0, 0.1) is 5.92 Å². The fraction of sp³-hybridized carbons (Fsp3) is 0.571. The molecule has 96 valence electrons. The van der Waals surface area contributed by atoms with Crippen LogP contribution < -0.4 is 15.8 Å². The van der Waals surface area contributed by atoms with E-state index in [4.69, 9.17) is 10.5 Å². The van der Waals surface area contributed by atoms with Crippen molar-refractivity contribution in [1.82, 2.24) is 5.32 Å². The Labute approximate surface area is 104 Å². The van der Waals surface area contributed by atoms with Crippen LogP contribution in [0.2, 0.25) is 0 Å². The Bertz CT molecular complexity index is 335. The zero-order valence-electron chi connectivity index (χ0n) is 11.1. The lowest BCUT2D eigenvalue weighted by Crippen LogP contribution is -2.22. The standard InChI is InChI=1S/C14H24N2O/c1-4-11(5-2)9-16-10-12-6-7-13(17-3)8-14(12)15/h6-8,11,16H,4-5,9-10,15H2,1-3H3. The average molecular weight is 236 g/mol. The molecule has 0 heterocycles. The highest BCUT2D eigenvalue weighted by molar-refractivity contribution is 5.51. The molecular formula is C14H24N2O. The molecule has 0 fully saturated rings. The highest BCUT2D eigenvalue weighted by atomic mass is 16.5. The van der Waals surface area contributed by atoms with Gasteiger partial charge < -0.3 is 15.8 Å². The van der Waals surface area contributed by atoms with E-state index >= 15 is 0 Å². The summed E-state index contributed by atoms with van der Waals surface area (Å²) in [5.41, 5.74) is 7.89. The minimum absolute atomic E-state index is 0.759. The Morgan fingerprint density at radius 2 is 2.00 bits per heavy atom. The summed E-state index contributed by atoms with van der Waals surface area (Å²) in [6.45, 7) is 6.35. The van der Waals surface area contributed by atoms with Crippen LogP contribution in [-0.2, 0) is 6.54 Å². The number of rotatable bonds is 7. The van der Waals surface area contributed by atoms with Crippen LogP contribution >= 0.6 is 0 Å². The molecule has 0 saturated heterocycles. The van der Waals surface area contributed by atoms with Crippen LogP contribution in [0.1, 0.15) is 32.3 Å². The fourth-order valence-electron chi connectivity index (χ4n) is 1.85. The highest BCUT2D eigenvalue weighted by Crippen LogP contribution is 2.19. The number of nitrogen functional groups attached to an aromatic ring is 1. The van der Waals surface area contributed by atoms with Crippen LogP contribution in [0.4, 0.5) is 5.69 Å². The van der Waals surface area contributed by atoms with Crippen molar-refractivity contribution in [3.05, 3.63) is 23.8 Å². The Morgan fingerprint density at radius 1 is 1.29 bits per heavy atom. The van der Waals surface area contributed by atoms with Gasteiger partial charge in [-0.15, -0.1) is 0 Å². The van der Waals surface area contributed by atoms with Crippen molar-refractivity contribution in [2.75, 3.05) is 19.4 Å². The number of ether oxygens (including phenoxy) is 1. The van der Waals surface area contributed by atoms with E-state index in [9.17, 15) is 0 Å². The second-order valence-electron chi connectivity index (χ2n) is 4.38. The highest BCUT2D eigenvalue weighted by Gasteiger charge is 2.04. The molecule has 0 atom stereocenters. The molecule has 0 aliphatic carbocycles. The molecule has 0 aromatic heterocycles. The van der Waals surface area contributed by atoms with Crippen molar-refractivity contribution in [3.63, 3.8) is 0 Å². The summed E-state index contributed by atoms with van der Waals surface area (Å²) in [6, 6.07) is 5.84. The topological polar surface area (TPSA) is 47.3 Å². The molecule has 1 aromatic rings. The van der Waals surface area contributed by atoms with Crippen molar-refractivity contribution in [2.24, 2.45) is 5.92 Å². The normalized spacial score (nSPS) is 10.8. The van der Waals surface area contributed by atoms with Crippen molar-refractivity contribution in [1.29, 1.82) is 0 Å². The number of anilines is 1. The maximum absolute atomic E-state index is 5.96. The van der Waals surface area contributed by atoms with Crippen molar-refractivity contribution in [3.8, 4) is 5.75 Å². The van der Waals surface area contributed by atoms with Crippen LogP contribution in [0.25, 0.3) is 0 Å². The van der Waals surface area contributed by atoms with Gasteiger partial charge in [0.15, 0.2) is 0 Å². The Balaban J connectivity index is 2.46. The number of hydrogen-bond donors (Lipinski definition) is 2. The minimum Gasteiger partial charge on any atom is -0.497 e. The molecule has 1 rings (SSSR count). The van der Waals surface area contributed by atoms with Crippen molar-refractivity contribution in [2.45, 2.75) is 33.2 Å². The summed E-state index contributed by atoms with van der Waals surface area (Å²) in [7, 11) is 1.65. The number of benzene rings is 1. The summed E-state index contributed by atoms with van der Waals surface area (Å²) < 4.78 is 5.13. The molecule has 0 amide bonds. The third-order valence-corrected chi connectivity index (χ3v) is 3.26. The predicted octanol–water partition coefficient (Wildman–Crippen LogP) is 2.80. The maximum atomic E-state index is 5.96. The molecule has 3 N–H and O–H groups in total. The van der Waals surface area contributed by atoms with Gasteiger partial charge in [-0.3, -0.25) is 0 Å². The number of nitrogens with one attached hydrogen (secondary N) is 1. The van der Waals surface area contributed by atoms with Crippen molar-refractivity contribution >= 4 is 5.69 Å². The second kappa shape index (κ2) is 7.17. The lowest BCUT2D eigenvalue weighted by molar-refractivity contribution is 0.414. The van der Waals surface area contributed by atoms with Crippen LogP contribution in [-0.4, -0.2) is 13.7 Å². The lowest BCUT2D eigenvalue weighted by atomic mass is 10.0. The zero-order chi connectivity index (χ0) is 12.7. The lowest BCUT2D eigenvalue weighted by Gasteiger charge is -2.14. The molecule has 0 aliphatic heterocycles. The van der Waals surface area contributed by atoms with Gasteiger partial charge in [0.25, 0.3) is 0 Å². The van der Waals surface area contributed by atoms with Crippen LogP contribution in [0.15, 0.2) is 18.2 Å². The van der Waals surface area contributed by atoms with Gasteiger partial charge in [-0.25, -0.2) is 0 Å². The third kappa shape index (κ3) is 4.27. The molecule has 3 nitrogen and oxygen atoms in total. The molecule has 0 bridgehead atoms. The van der Waals surface area contributed by atoms with E-state index in [-0.39, 0.29) is 0 Å². The van der Waals surface area contributed by atoms with E-state index < -0.39 is 0 Å². The first kappa shape index (κ1) is 13.8. The largest absolute Gasteiger partial charge is 0.497 e. The first-order valence-corrected chi connectivity index (χ1v) is 6.34. The van der Waals surface area contributed by atoms with Gasteiger partial charge in [0.05, 0.1) is 7.11 Å². The fourth-order valence-corrected chi connectivity index (χ4v) is 1.85. The molecule has 0 spiro atoms. The maximum Gasteiger partial charge on any atom is 0.120 e. The predicted molar refractivity (Wildman–Crippen MR) is 73.2 cm³/mol. The molecule has 1 aromatic carbocycles. The number of nitrogens with two attached hydrogens (primary N) is 1. The summed E-state index contributed by atoms with van der Waals surface area (Å²) in [5.74, 6) is 1.57. The first-order valence-electron chi connectivity index (χ1n) is 6.34. The van der Waals surface area contributed by atoms with Gasteiger partial charge in [-0.1, -0.05) is 32.8 Å². The summed E-state index contributed by atoms with van der Waals surface area (Å²) >= 11 is 0. The summed E-state index contributed by atoms with van der Waals surface area (Å²) in [6.07, 6.45) is 2.45. The van der Waals surface area contributed by atoms with Gasteiger partial charge in [0.2, 0.25) is 0 Å². The SMILES string of the molecule is CCC(CC)CNCc1ccc(OC)cc1N. The van der Waals surface area contributed by atoms with Crippen molar-refractivity contribution < 1.29 is 4.74 Å². The molecule has 0 unspecified atom stereocenters. The van der Waals surface area contributed by atoms with Gasteiger partial charge in [0.1, 0.15) is 5.75 Å². The second-order valence-corrected chi connectivity index (χ2v) is 4.38. The van der Waals surface area contributed by atoms with E-state index in [1.807, 2.05) is 18.2 Å². The van der Waals surface area contributed by atoms with Crippen LogP contribution in [0.3, 0.4) is 0 Å². The van der Waals surface area contributed by atoms with Crippen LogP contribution in [0.5, 0.6) is 5.75 Å². The zero-order valence-corrected chi connectivity index (χ0v) is 11.1. The average Bonchev–Trinajstić information content (AvgIpc) is 2.36. The van der Waals surface area contributed by atoms with Gasteiger partial charge >= 0.3 is 0 Å². The summed E-state index contributed by atoms with van der Waals surface area (Å²) in [5, 5.41) is 3.46. The Kier molecular flexibility index (Phi) is 5.84. The van der Waals surface area contributed by atoms with E-state index in [2.05, 4.69) is 19.2 Å². The third-order valence-electron chi connectivity index (χ3n) is 3.26. The quantitative estimate of drug-likeness (QED) is 0.716. The van der Waals surface area contributed by atoms with E-state index in [1.165, 1.54) is 12.8 Å². The number of methoxy groups -OCH3 is 1. The molecule has 0 radical (unpaired) electrons.